The summed E-state index contributed by atoms with van der Waals surface area (Å²) in [5.74, 6) is 0.192. The molecule has 2 rings (SSSR count). The lowest BCUT2D eigenvalue weighted by molar-refractivity contribution is -0.136. The lowest BCUT2D eigenvalue weighted by Gasteiger charge is -2.14. The van der Waals surface area contributed by atoms with Crippen LogP contribution in [-0.4, -0.2) is 30.7 Å². The number of aromatic hydroxyl groups is 1. The Kier molecular flexibility index (Phi) is 6.45. The molecule has 0 amide bonds. The van der Waals surface area contributed by atoms with Crippen LogP contribution in [0.25, 0.3) is 0 Å². The van der Waals surface area contributed by atoms with Gasteiger partial charge in [-0.1, -0.05) is 12.1 Å². The average molecular weight is 399 g/mol. The SMILES string of the molecule is COc1cc(C=NNC(=S)Nc2ccccc2C(F)(F)F)cc(OC)c1O. The highest BCUT2D eigenvalue weighted by Crippen LogP contribution is 2.36. The lowest BCUT2D eigenvalue weighted by atomic mass is 10.2. The van der Waals surface area contributed by atoms with E-state index in [9.17, 15) is 18.3 Å². The fourth-order valence-electron chi connectivity index (χ4n) is 2.14. The van der Waals surface area contributed by atoms with Crippen molar-refractivity contribution in [3.63, 3.8) is 0 Å². The molecule has 3 N–H and O–H groups in total. The van der Waals surface area contributed by atoms with E-state index in [0.29, 0.717) is 5.56 Å². The number of hydrogen-bond donors (Lipinski definition) is 3. The first-order valence-electron chi connectivity index (χ1n) is 7.47. The van der Waals surface area contributed by atoms with Crippen molar-refractivity contribution in [1.82, 2.24) is 5.43 Å². The van der Waals surface area contributed by atoms with Crippen molar-refractivity contribution in [2.45, 2.75) is 6.18 Å². The first-order chi connectivity index (χ1) is 12.8. The molecule has 27 heavy (non-hydrogen) atoms. The molecular weight excluding hydrogens is 383 g/mol. The van der Waals surface area contributed by atoms with Crippen LogP contribution in [0.3, 0.4) is 0 Å². The predicted octanol–water partition coefficient (Wildman–Crippen LogP) is 3.75. The lowest BCUT2D eigenvalue weighted by Crippen LogP contribution is -2.25. The van der Waals surface area contributed by atoms with Crippen LogP contribution in [0.4, 0.5) is 18.9 Å². The van der Waals surface area contributed by atoms with Crippen molar-refractivity contribution in [2.75, 3.05) is 19.5 Å². The van der Waals surface area contributed by atoms with Crippen molar-refractivity contribution < 1.29 is 27.8 Å². The van der Waals surface area contributed by atoms with E-state index >= 15 is 0 Å². The van der Waals surface area contributed by atoms with Crippen molar-refractivity contribution in [3.8, 4) is 17.2 Å². The summed E-state index contributed by atoms with van der Waals surface area (Å²) in [6, 6.07) is 7.95. The van der Waals surface area contributed by atoms with Crippen molar-refractivity contribution in [3.05, 3.63) is 47.5 Å². The Labute approximate surface area is 158 Å². The molecule has 0 aromatic heterocycles. The van der Waals surface area contributed by atoms with Crippen LogP contribution in [0, 0.1) is 0 Å². The molecule has 0 heterocycles. The van der Waals surface area contributed by atoms with E-state index in [1.165, 1.54) is 50.8 Å². The first kappa shape index (κ1) is 20.3. The number of rotatable bonds is 5. The number of hydrazone groups is 1. The number of phenolic OH excluding ortho intramolecular Hbond substituents is 1. The van der Waals surface area contributed by atoms with Crippen LogP contribution >= 0.6 is 12.2 Å². The van der Waals surface area contributed by atoms with Gasteiger partial charge in [0.15, 0.2) is 16.6 Å². The Morgan fingerprint density at radius 3 is 2.30 bits per heavy atom. The van der Waals surface area contributed by atoms with E-state index in [-0.39, 0.29) is 28.0 Å². The summed E-state index contributed by atoms with van der Waals surface area (Å²) in [5, 5.41) is 16.0. The summed E-state index contributed by atoms with van der Waals surface area (Å²) < 4.78 is 49.0. The van der Waals surface area contributed by atoms with Crippen molar-refractivity contribution in [1.29, 1.82) is 0 Å². The van der Waals surface area contributed by atoms with Gasteiger partial charge in [0.2, 0.25) is 5.75 Å². The smallest absolute Gasteiger partial charge is 0.418 e. The molecule has 0 fully saturated rings. The topological polar surface area (TPSA) is 75.1 Å². The number of benzene rings is 2. The summed E-state index contributed by atoms with van der Waals surface area (Å²) in [7, 11) is 2.76. The highest BCUT2D eigenvalue weighted by Gasteiger charge is 2.33. The number of nitrogens with zero attached hydrogens (tertiary/aromatic N) is 1. The van der Waals surface area contributed by atoms with E-state index in [1.54, 1.807) is 0 Å². The van der Waals surface area contributed by atoms with Gasteiger partial charge >= 0.3 is 6.18 Å². The molecule has 6 nitrogen and oxygen atoms in total. The maximum Gasteiger partial charge on any atom is 0.418 e. The monoisotopic (exact) mass is 399 g/mol. The second-order valence-electron chi connectivity index (χ2n) is 5.14. The highest BCUT2D eigenvalue weighted by molar-refractivity contribution is 7.80. The van der Waals surface area contributed by atoms with E-state index in [0.717, 1.165) is 6.07 Å². The van der Waals surface area contributed by atoms with Crippen LogP contribution in [-0.2, 0) is 6.18 Å². The Balaban J connectivity index is 2.09. The molecule has 0 radical (unpaired) electrons. The van der Waals surface area contributed by atoms with Crippen LogP contribution in [0.2, 0.25) is 0 Å². The zero-order chi connectivity index (χ0) is 20.0. The van der Waals surface area contributed by atoms with Crippen molar-refractivity contribution >= 4 is 29.2 Å². The maximum atomic E-state index is 13.0. The van der Waals surface area contributed by atoms with E-state index in [1.807, 2.05) is 0 Å². The second kappa shape index (κ2) is 8.58. The third-order valence-corrected chi connectivity index (χ3v) is 3.56. The third-order valence-electron chi connectivity index (χ3n) is 3.36. The average Bonchev–Trinajstić information content (AvgIpc) is 2.62. The standard InChI is InChI=1S/C17H16F3N3O3S/c1-25-13-7-10(8-14(26-2)15(13)24)9-21-23-16(27)22-12-6-4-3-5-11(12)17(18,19)20/h3-9,24H,1-2H3,(H2,22,23,27). The Hall–Kier alpha value is -3.01. The molecule has 0 atom stereocenters. The first-order valence-corrected chi connectivity index (χ1v) is 7.88. The molecule has 144 valence electrons. The molecule has 0 spiro atoms. The number of halogens is 3. The van der Waals surface area contributed by atoms with E-state index in [2.05, 4.69) is 15.8 Å². The van der Waals surface area contributed by atoms with E-state index < -0.39 is 11.7 Å². The van der Waals surface area contributed by atoms with Crippen LogP contribution < -0.4 is 20.2 Å². The molecule has 0 aliphatic heterocycles. The zero-order valence-corrected chi connectivity index (χ0v) is 15.1. The molecule has 0 aliphatic carbocycles. The molecular formula is C17H16F3N3O3S. The maximum absolute atomic E-state index is 13.0. The Morgan fingerprint density at radius 1 is 1.15 bits per heavy atom. The number of alkyl halides is 3. The Bertz CT molecular complexity index is 832. The normalized spacial score (nSPS) is 11.3. The minimum absolute atomic E-state index is 0.124. The van der Waals surface area contributed by atoms with Gasteiger partial charge in [-0.2, -0.15) is 18.3 Å². The van der Waals surface area contributed by atoms with Gasteiger partial charge < -0.3 is 19.9 Å². The molecule has 10 heteroatoms. The second-order valence-corrected chi connectivity index (χ2v) is 5.55. The number of anilines is 1. The molecule has 0 aliphatic rings. The van der Waals surface area contributed by atoms with Gasteiger partial charge in [-0.25, -0.2) is 0 Å². The minimum Gasteiger partial charge on any atom is -0.502 e. The van der Waals surface area contributed by atoms with Gasteiger partial charge in [-0.15, -0.1) is 0 Å². The van der Waals surface area contributed by atoms with Gasteiger partial charge in [-0.05, 0) is 36.5 Å². The largest absolute Gasteiger partial charge is 0.502 e. The molecule has 2 aromatic carbocycles. The fraction of sp³-hybridized carbons (Fsp3) is 0.176. The minimum atomic E-state index is -4.51. The number of hydrogen-bond acceptors (Lipinski definition) is 5. The molecule has 0 saturated carbocycles. The summed E-state index contributed by atoms with van der Waals surface area (Å²) >= 11 is 4.96. The zero-order valence-electron chi connectivity index (χ0n) is 14.3. The van der Waals surface area contributed by atoms with Gasteiger partial charge in [0.1, 0.15) is 0 Å². The fourth-order valence-corrected chi connectivity index (χ4v) is 2.31. The number of nitrogens with one attached hydrogen (secondary N) is 2. The quantitative estimate of drug-likeness (QED) is 0.404. The van der Waals surface area contributed by atoms with Crippen LogP contribution in [0.15, 0.2) is 41.5 Å². The van der Waals surface area contributed by atoms with Crippen LogP contribution in [0.5, 0.6) is 17.2 Å². The predicted molar refractivity (Wildman–Crippen MR) is 99.6 cm³/mol. The number of methoxy groups -OCH3 is 2. The van der Waals surface area contributed by atoms with Gasteiger partial charge in [0.05, 0.1) is 31.7 Å². The highest BCUT2D eigenvalue weighted by atomic mass is 32.1. The summed E-state index contributed by atoms with van der Waals surface area (Å²) in [6.45, 7) is 0. The third kappa shape index (κ3) is 5.23. The molecule has 2 aromatic rings. The summed E-state index contributed by atoms with van der Waals surface area (Å²) in [5.41, 5.74) is 1.90. The number of para-hydroxylation sites is 1. The summed E-state index contributed by atoms with van der Waals surface area (Å²) in [6.07, 6.45) is -3.17. The summed E-state index contributed by atoms with van der Waals surface area (Å²) in [4.78, 5) is 0. The van der Waals surface area contributed by atoms with E-state index in [4.69, 9.17) is 21.7 Å². The number of phenols is 1. The molecule has 0 saturated heterocycles. The molecule has 0 bridgehead atoms. The van der Waals surface area contributed by atoms with Gasteiger partial charge in [0, 0.05) is 5.56 Å². The number of ether oxygens (including phenoxy) is 2. The van der Waals surface area contributed by atoms with Gasteiger partial charge in [0.25, 0.3) is 0 Å². The Morgan fingerprint density at radius 2 is 1.74 bits per heavy atom. The number of thiocarbonyl (C=S) groups is 1. The van der Waals surface area contributed by atoms with Gasteiger partial charge in [-0.3, -0.25) is 5.43 Å². The van der Waals surface area contributed by atoms with Crippen molar-refractivity contribution in [2.24, 2.45) is 5.10 Å². The molecule has 0 unspecified atom stereocenters. The van der Waals surface area contributed by atoms with Crippen LogP contribution in [0.1, 0.15) is 11.1 Å².